The van der Waals surface area contributed by atoms with Crippen molar-refractivity contribution in [3.63, 3.8) is 0 Å². The van der Waals surface area contributed by atoms with Crippen LogP contribution in [0.25, 0.3) is 0 Å². The van der Waals surface area contributed by atoms with Crippen molar-refractivity contribution in [1.29, 1.82) is 0 Å². The summed E-state index contributed by atoms with van der Waals surface area (Å²) in [4.78, 5) is 72.7. The number of aliphatic hydroxyl groups excluding tert-OH is 1. The van der Waals surface area contributed by atoms with Crippen LogP contribution in [0, 0.1) is 11.8 Å². The maximum absolute atomic E-state index is 13.1. The third-order valence-corrected chi connectivity index (χ3v) is 19.5. The fourth-order valence-electron chi connectivity index (χ4n) is 11.3. The highest BCUT2D eigenvalue weighted by molar-refractivity contribution is 7.47. The summed E-state index contributed by atoms with van der Waals surface area (Å²) in [7, 11) is -9.91. The first-order valence-electron chi connectivity index (χ1n) is 38.5. The zero-order valence-corrected chi connectivity index (χ0v) is 62.3. The summed E-state index contributed by atoms with van der Waals surface area (Å²) in [6.07, 6.45) is 52.5. The zero-order valence-electron chi connectivity index (χ0n) is 60.6. The fourth-order valence-corrected chi connectivity index (χ4v) is 12.8. The molecule has 0 aromatic rings. The molecule has 0 aliphatic rings. The summed E-state index contributed by atoms with van der Waals surface area (Å²) in [5, 5.41) is 10.6. The number of rotatable bonds is 73. The Bertz CT molecular complexity index is 1810. The van der Waals surface area contributed by atoms with E-state index in [0.29, 0.717) is 25.7 Å². The van der Waals surface area contributed by atoms with Gasteiger partial charge in [0.2, 0.25) is 0 Å². The van der Waals surface area contributed by atoms with E-state index in [2.05, 4.69) is 41.5 Å². The molecule has 0 aromatic carbocycles. The lowest BCUT2D eigenvalue weighted by molar-refractivity contribution is -0.161. The molecule has 0 aliphatic heterocycles. The van der Waals surface area contributed by atoms with Gasteiger partial charge in [0, 0.05) is 25.7 Å². The van der Waals surface area contributed by atoms with Crippen molar-refractivity contribution in [2.24, 2.45) is 11.8 Å². The summed E-state index contributed by atoms with van der Waals surface area (Å²) < 4.78 is 68.4. The number of phosphoric ester groups is 2. The van der Waals surface area contributed by atoms with Crippen LogP contribution in [0.1, 0.15) is 382 Å². The molecule has 0 saturated heterocycles. The van der Waals surface area contributed by atoms with Gasteiger partial charge in [-0.15, -0.1) is 0 Å². The van der Waals surface area contributed by atoms with Gasteiger partial charge in [-0.1, -0.05) is 330 Å². The largest absolute Gasteiger partial charge is 0.472 e. The van der Waals surface area contributed by atoms with Crippen LogP contribution < -0.4 is 0 Å². The van der Waals surface area contributed by atoms with Gasteiger partial charge in [-0.2, -0.15) is 0 Å². The number of unbranched alkanes of at least 4 members (excludes halogenated alkanes) is 42. The highest BCUT2D eigenvalue weighted by Gasteiger charge is 2.30. The molecule has 0 aromatic heterocycles. The Labute approximate surface area is 568 Å². The van der Waals surface area contributed by atoms with Crippen LogP contribution in [-0.2, 0) is 65.4 Å². The molecule has 0 aliphatic carbocycles. The molecule has 6 atom stereocenters. The fraction of sp³-hybridized carbons (Fsp3) is 0.946. The third kappa shape index (κ3) is 67.0. The van der Waals surface area contributed by atoms with E-state index < -0.39 is 97.5 Å². The van der Waals surface area contributed by atoms with Crippen LogP contribution in [0.3, 0.4) is 0 Å². The van der Waals surface area contributed by atoms with Crippen LogP contribution >= 0.6 is 15.6 Å². The monoisotopic (exact) mass is 1370 g/mol. The summed E-state index contributed by atoms with van der Waals surface area (Å²) in [6, 6.07) is 0. The lowest BCUT2D eigenvalue weighted by atomic mass is 9.99. The van der Waals surface area contributed by atoms with E-state index in [1.807, 2.05) is 0 Å². The summed E-state index contributed by atoms with van der Waals surface area (Å²) in [5.74, 6) is -0.521. The minimum atomic E-state index is -4.96. The molecule has 17 nitrogen and oxygen atoms in total. The van der Waals surface area contributed by atoms with Gasteiger partial charge in [0.15, 0.2) is 12.2 Å². The van der Waals surface area contributed by atoms with E-state index in [-0.39, 0.29) is 25.7 Å². The van der Waals surface area contributed by atoms with E-state index in [9.17, 15) is 43.2 Å². The molecule has 0 saturated carbocycles. The predicted molar refractivity (Wildman–Crippen MR) is 377 cm³/mol. The highest BCUT2D eigenvalue weighted by atomic mass is 31.2. The van der Waals surface area contributed by atoms with E-state index in [0.717, 1.165) is 102 Å². The van der Waals surface area contributed by atoms with Gasteiger partial charge in [0.05, 0.1) is 26.4 Å². The zero-order chi connectivity index (χ0) is 68.6. The second kappa shape index (κ2) is 66.0. The lowest BCUT2D eigenvalue weighted by Gasteiger charge is -2.21. The van der Waals surface area contributed by atoms with Gasteiger partial charge in [0.25, 0.3) is 0 Å². The molecule has 0 rings (SSSR count). The number of ether oxygens (including phenoxy) is 4. The molecular weight excluding hydrogens is 1220 g/mol. The van der Waals surface area contributed by atoms with E-state index >= 15 is 0 Å². The maximum Gasteiger partial charge on any atom is 0.472 e. The third-order valence-electron chi connectivity index (χ3n) is 17.6. The van der Waals surface area contributed by atoms with Gasteiger partial charge < -0.3 is 33.8 Å². The van der Waals surface area contributed by atoms with Crippen LogP contribution in [-0.4, -0.2) is 96.7 Å². The van der Waals surface area contributed by atoms with Crippen LogP contribution in [0.2, 0.25) is 0 Å². The van der Waals surface area contributed by atoms with E-state index in [1.54, 1.807) is 0 Å². The molecule has 0 heterocycles. The number of aliphatic hydroxyl groups is 1. The molecule has 93 heavy (non-hydrogen) atoms. The molecule has 0 amide bonds. The average Bonchev–Trinajstić information content (AvgIpc) is 1.99. The molecule has 3 unspecified atom stereocenters. The second-order valence-electron chi connectivity index (χ2n) is 27.4. The number of hydrogen-bond donors (Lipinski definition) is 3. The Morgan fingerprint density at radius 1 is 0.312 bits per heavy atom. The van der Waals surface area contributed by atoms with Gasteiger partial charge in [0.1, 0.15) is 19.3 Å². The SMILES string of the molecule is CCCCCCCCCCCCCCCCC(=O)O[C@H](COC(=O)CCCCCCCCCCC)COP(=O)(O)OC[C@H](O)COP(=O)(O)OC[C@@H](COC(=O)CCCCCCCCCCCCC(C)CC)OC(=O)CCCCCCCCCCCCCCCC(C)C. The first-order chi connectivity index (χ1) is 44.9. The molecule has 0 spiro atoms. The van der Waals surface area contributed by atoms with Crippen molar-refractivity contribution in [1.82, 2.24) is 0 Å². The second-order valence-corrected chi connectivity index (χ2v) is 30.3. The van der Waals surface area contributed by atoms with E-state index in [1.165, 1.54) is 199 Å². The Hall–Kier alpha value is -1.94. The average molecular weight is 1370 g/mol. The van der Waals surface area contributed by atoms with Gasteiger partial charge in [-0.05, 0) is 37.5 Å². The smallest absolute Gasteiger partial charge is 0.462 e. The van der Waals surface area contributed by atoms with Crippen molar-refractivity contribution in [3.8, 4) is 0 Å². The Morgan fingerprint density at radius 2 is 0.548 bits per heavy atom. The Balaban J connectivity index is 5.24. The molecule has 0 radical (unpaired) electrons. The summed E-state index contributed by atoms with van der Waals surface area (Å²) >= 11 is 0. The van der Waals surface area contributed by atoms with Gasteiger partial charge >= 0.3 is 39.5 Å². The van der Waals surface area contributed by atoms with Gasteiger partial charge in [-0.3, -0.25) is 37.3 Å². The molecule has 19 heteroatoms. The first-order valence-corrected chi connectivity index (χ1v) is 41.5. The van der Waals surface area contributed by atoms with Crippen molar-refractivity contribution in [2.45, 2.75) is 400 Å². The van der Waals surface area contributed by atoms with Crippen molar-refractivity contribution in [3.05, 3.63) is 0 Å². The summed E-state index contributed by atoms with van der Waals surface area (Å²) in [6.45, 7) is 9.62. The highest BCUT2D eigenvalue weighted by Crippen LogP contribution is 2.45. The topological polar surface area (TPSA) is 237 Å². The normalized spacial score (nSPS) is 14.3. The minimum absolute atomic E-state index is 0.107. The Kier molecular flexibility index (Phi) is 64.6. The molecule has 3 N–H and O–H groups in total. The molecule has 0 fully saturated rings. The number of carbonyl (C=O) groups excluding carboxylic acids is 4. The maximum atomic E-state index is 13.1. The van der Waals surface area contributed by atoms with Crippen molar-refractivity contribution >= 4 is 39.5 Å². The molecule has 552 valence electrons. The first kappa shape index (κ1) is 91.1. The number of phosphoric acid groups is 2. The standard InChI is InChI=1S/C74H144O17P2/c1-7-10-12-14-16-18-19-20-23-26-34-40-46-52-58-73(78)90-69(62-84-71(76)56-50-44-38-30-17-15-13-11-8-2)64-88-92(80,81)86-60-68(75)61-87-93(82,83)89-65-70(63-85-72(77)57-51-45-39-33-29-28-32-37-43-49-55-67(6)9-3)91-74(79)59-53-47-41-35-27-24-21-22-25-31-36-42-48-54-66(4)5/h66-70,75H,7-65H2,1-6H3,(H,80,81)(H,82,83)/t67?,68-,69+,70+/m0/s1. The van der Waals surface area contributed by atoms with Crippen LogP contribution in [0.15, 0.2) is 0 Å². The van der Waals surface area contributed by atoms with Gasteiger partial charge in [-0.25, -0.2) is 9.13 Å². The van der Waals surface area contributed by atoms with Crippen molar-refractivity contribution < 1.29 is 80.2 Å². The lowest BCUT2D eigenvalue weighted by Crippen LogP contribution is -2.30. The number of esters is 4. The Morgan fingerprint density at radius 3 is 0.817 bits per heavy atom. The summed E-state index contributed by atoms with van der Waals surface area (Å²) in [5.41, 5.74) is 0. The van der Waals surface area contributed by atoms with Crippen molar-refractivity contribution in [2.75, 3.05) is 39.6 Å². The predicted octanol–water partition coefficient (Wildman–Crippen LogP) is 21.6. The molecular formula is C74H144O17P2. The number of carbonyl (C=O) groups is 4. The molecule has 0 bridgehead atoms. The number of hydrogen-bond acceptors (Lipinski definition) is 15. The minimum Gasteiger partial charge on any atom is -0.462 e. The van der Waals surface area contributed by atoms with Crippen LogP contribution in [0.4, 0.5) is 0 Å². The quantitative estimate of drug-likeness (QED) is 0.0222. The van der Waals surface area contributed by atoms with Crippen LogP contribution in [0.5, 0.6) is 0 Å². The van der Waals surface area contributed by atoms with E-state index in [4.69, 9.17) is 37.0 Å².